The molecule has 0 saturated heterocycles. The molecule has 3 aromatic carbocycles. The molecule has 0 bridgehead atoms. The Labute approximate surface area is 164 Å². The Bertz CT molecular complexity index is 1150. The molecule has 4 nitrogen and oxygen atoms in total. The lowest BCUT2D eigenvalue weighted by molar-refractivity contribution is 0.462. The zero-order chi connectivity index (χ0) is 18.9. The van der Waals surface area contributed by atoms with Gasteiger partial charge < -0.3 is 11.1 Å². The lowest BCUT2D eigenvalue weighted by Gasteiger charge is -2.24. The molecule has 1 heterocycles. The smallest absolute Gasteiger partial charge is 0.222 e. The van der Waals surface area contributed by atoms with Crippen LogP contribution in [0.15, 0.2) is 60.7 Å². The molecule has 1 fully saturated rings. The molecular weight excluding hydrogens is 344 g/mol. The minimum absolute atomic E-state index is 0.323. The monoisotopic (exact) mass is 368 g/mol. The molecule has 4 heteroatoms. The molecule has 5 rings (SSSR count). The van der Waals surface area contributed by atoms with Gasteiger partial charge in [0.1, 0.15) is 5.82 Å². The molecule has 0 spiro atoms. The van der Waals surface area contributed by atoms with Crippen molar-refractivity contribution in [3.8, 4) is 11.1 Å². The van der Waals surface area contributed by atoms with Crippen molar-refractivity contribution in [3.05, 3.63) is 60.7 Å². The molecule has 1 aliphatic rings. The second-order valence-electron chi connectivity index (χ2n) is 7.70. The lowest BCUT2D eigenvalue weighted by atomic mass is 9.95. The molecule has 0 radical (unpaired) electrons. The number of hydrogen-bond acceptors (Lipinski definition) is 4. The summed E-state index contributed by atoms with van der Waals surface area (Å²) in [5, 5.41) is 7.17. The van der Waals surface area contributed by atoms with Crippen molar-refractivity contribution in [2.24, 2.45) is 0 Å². The zero-order valence-corrected chi connectivity index (χ0v) is 15.9. The first-order valence-corrected chi connectivity index (χ1v) is 10.1. The van der Waals surface area contributed by atoms with Crippen molar-refractivity contribution in [2.75, 3.05) is 11.1 Å². The van der Waals surface area contributed by atoms with Gasteiger partial charge in [0.15, 0.2) is 0 Å². The number of nitrogens with two attached hydrogens (primary N) is 1. The number of benzene rings is 3. The summed E-state index contributed by atoms with van der Waals surface area (Å²) < 4.78 is 0. The number of aromatic nitrogens is 2. The van der Waals surface area contributed by atoms with Crippen LogP contribution in [0, 0.1) is 0 Å². The summed E-state index contributed by atoms with van der Waals surface area (Å²) in [4.78, 5) is 8.98. The first-order valence-electron chi connectivity index (χ1n) is 10.1. The van der Waals surface area contributed by atoms with Crippen LogP contribution < -0.4 is 11.1 Å². The van der Waals surface area contributed by atoms with Crippen LogP contribution in [0.1, 0.15) is 32.1 Å². The van der Waals surface area contributed by atoms with E-state index in [-0.39, 0.29) is 0 Å². The predicted molar refractivity (Wildman–Crippen MR) is 117 cm³/mol. The van der Waals surface area contributed by atoms with E-state index < -0.39 is 0 Å². The van der Waals surface area contributed by atoms with E-state index >= 15 is 0 Å². The highest BCUT2D eigenvalue weighted by Gasteiger charge is 2.16. The van der Waals surface area contributed by atoms with E-state index in [0.29, 0.717) is 12.0 Å². The molecular formula is C24H24N4. The van der Waals surface area contributed by atoms with E-state index in [4.69, 9.17) is 5.73 Å². The third-order valence-electron chi connectivity index (χ3n) is 5.74. The number of nitrogen functional groups attached to an aromatic ring is 1. The van der Waals surface area contributed by atoms with Gasteiger partial charge in [0.25, 0.3) is 0 Å². The standard InChI is InChI=1S/C24H24N4/c25-24-27-22-13-12-19(18-11-10-16-6-4-5-7-17(16)14-18)15-21(22)23(28-24)26-20-8-2-1-3-9-20/h4-7,10-15,20H,1-3,8-9H2,(H3,25,26,27,28). The molecule has 28 heavy (non-hydrogen) atoms. The van der Waals surface area contributed by atoms with Gasteiger partial charge in [-0.25, -0.2) is 4.98 Å². The molecule has 4 aromatic rings. The van der Waals surface area contributed by atoms with Crippen molar-refractivity contribution >= 4 is 33.4 Å². The highest BCUT2D eigenvalue weighted by Crippen LogP contribution is 2.31. The first-order chi connectivity index (χ1) is 13.8. The third kappa shape index (κ3) is 3.26. The third-order valence-corrected chi connectivity index (χ3v) is 5.74. The largest absolute Gasteiger partial charge is 0.368 e. The Balaban J connectivity index is 1.58. The average Bonchev–Trinajstić information content (AvgIpc) is 2.74. The fraction of sp³-hybridized carbons (Fsp3) is 0.250. The van der Waals surface area contributed by atoms with Crippen LogP contribution in [0.4, 0.5) is 11.8 Å². The Morgan fingerprint density at radius 2 is 1.54 bits per heavy atom. The molecule has 0 aliphatic heterocycles. The van der Waals surface area contributed by atoms with Gasteiger partial charge in [0.05, 0.1) is 5.52 Å². The van der Waals surface area contributed by atoms with E-state index in [1.807, 2.05) is 6.07 Å². The Hall–Kier alpha value is -3.14. The number of anilines is 2. The van der Waals surface area contributed by atoms with Crippen LogP contribution in [0.5, 0.6) is 0 Å². The minimum Gasteiger partial charge on any atom is -0.368 e. The van der Waals surface area contributed by atoms with E-state index in [2.05, 4.69) is 69.9 Å². The van der Waals surface area contributed by atoms with E-state index in [9.17, 15) is 0 Å². The van der Waals surface area contributed by atoms with Crippen molar-refractivity contribution in [1.29, 1.82) is 0 Å². The molecule has 1 aliphatic carbocycles. The predicted octanol–water partition coefficient (Wildman–Crippen LogP) is 5.78. The van der Waals surface area contributed by atoms with Crippen LogP contribution in [0.3, 0.4) is 0 Å². The summed E-state index contributed by atoms with van der Waals surface area (Å²) in [5.74, 6) is 1.18. The molecule has 3 N–H and O–H groups in total. The summed E-state index contributed by atoms with van der Waals surface area (Å²) in [7, 11) is 0. The van der Waals surface area contributed by atoms with Gasteiger partial charge in [-0.3, -0.25) is 0 Å². The van der Waals surface area contributed by atoms with Gasteiger partial charge >= 0.3 is 0 Å². The molecule has 0 unspecified atom stereocenters. The normalized spacial score (nSPS) is 15.1. The molecule has 1 aromatic heterocycles. The maximum atomic E-state index is 5.98. The average molecular weight is 368 g/mol. The Morgan fingerprint density at radius 1 is 0.786 bits per heavy atom. The molecule has 1 saturated carbocycles. The first kappa shape index (κ1) is 17.0. The van der Waals surface area contributed by atoms with Gasteiger partial charge in [-0.1, -0.05) is 61.7 Å². The Morgan fingerprint density at radius 3 is 2.39 bits per heavy atom. The number of nitrogens with one attached hydrogen (secondary N) is 1. The highest BCUT2D eigenvalue weighted by atomic mass is 15.1. The van der Waals surface area contributed by atoms with Crippen LogP contribution in [-0.2, 0) is 0 Å². The topological polar surface area (TPSA) is 63.8 Å². The maximum absolute atomic E-state index is 5.98. The fourth-order valence-electron chi connectivity index (χ4n) is 4.25. The highest BCUT2D eigenvalue weighted by molar-refractivity contribution is 5.95. The van der Waals surface area contributed by atoms with Gasteiger partial charge in [0.2, 0.25) is 5.95 Å². The summed E-state index contributed by atoms with van der Waals surface area (Å²) in [6, 6.07) is 21.8. The van der Waals surface area contributed by atoms with Crippen LogP contribution in [0.2, 0.25) is 0 Å². The summed E-state index contributed by atoms with van der Waals surface area (Å²) >= 11 is 0. The number of hydrogen-bond donors (Lipinski definition) is 2. The second kappa shape index (κ2) is 7.12. The van der Waals surface area contributed by atoms with Gasteiger partial charge in [-0.2, -0.15) is 4.98 Å². The fourth-order valence-corrected chi connectivity index (χ4v) is 4.25. The van der Waals surface area contributed by atoms with Gasteiger partial charge in [0, 0.05) is 11.4 Å². The van der Waals surface area contributed by atoms with Crippen molar-refractivity contribution < 1.29 is 0 Å². The Kier molecular flexibility index (Phi) is 4.32. The summed E-state index contributed by atoms with van der Waals surface area (Å²) in [6.07, 6.45) is 6.26. The van der Waals surface area contributed by atoms with Crippen molar-refractivity contribution in [1.82, 2.24) is 9.97 Å². The zero-order valence-electron chi connectivity index (χ0n) is 15.9. The number of fused-ring (bicyclic) bond motifs is 2. The minimum atomic E-state index is 0.323. The van der Waals surface area contributed by atoms with E-state index in [0.717, 1.165) is 16.7 Å². The van der Waals surface area contributed by atoms with Crippen LogP contribution in [0.25, 0.3) is 32.8 Å². The number of nitrogens with zero attached hydrogens (tertiary/aromatic N) is 2. The SMILES string of the molecule is Nc1nc(NC2CCCCC2)c2cc(-c3ccc4ccccc4c3)ccc2n1. The lowest BCUT2D eigenvalue weighted by Crippen LogP contribution is -2.23. The maximum Gasteiger partial charge on any atom is 0.222 e. The molecule has 0 atom stereocenters. The van der Waals surface area contributed by atoms with Gasteiger partial charge in [-0.05, 0) is 52.9 Å². The van der Waals surface area contributed by atoms with Crippen molar-refractivity contribution in [2.45, 2.75) is 38.1 Å². The second-order valence-corrected chi connectivity index (χ2v) is 7.70. The summed E-state index contributed by atoms with van der Waals surface area (Å²) in [6.45, 7) is 0. The number of rotatable bonds is 3. The molecule has 140 valence electrons. The van der Waals surface area contributed by atoms with E-state index in [1.165, 1.54) is 54.0 Å². The van der Waals surface area contributed by atoms with Gasteiger partial charge in [-0.15, -0.1) is 0 Å². The van der Waals surface area contributed by atoms with Crippen LogP contribution in [-0.4, -0.2) is 16.0 Å². The molecule has 0 amide bonds. The quantitative estimate of drug-likeness (QED) is 0.481. The van der Waals surface area contributed by atoms with Crippen molar-refractivity contribution in [3.63, 3.8) is 0 Å². The van der Waals surface area contributed by atoms with E-state index in [1.54, 1.807) is 0 Å². The van der Waals surface area contributed by atoms with Crippen LogP contribution >= 0.6 is 0 Å². The summed E-state index contributed by atoms with van der Waals surface area (Å²) in [5.41, 5.74) is 9.22.